The Morgan fingerprint density at radius 3 is 2.66 bits per heavy atom. The third kappa shape index (κ3) is 3.36. The molecule has 3 heterocycles. The monoisotopic (exact) mass is 428 g/mol. The van der Waals surface area contributed by atoms with Gasteiger partial charge in [0.15, 0.2) is 0 Å². The van der Waals surface area contributed by atoms with Gasteiger partial charge in [-0.25, -0.2) is 9.78 Å². The standard InChI is InChI=1S/C21H17ClN2O4S/c1-10-8-13(4-6-15(10)22)17-11(2)29-19-18(17)20(25)24(12(3)23-19)9-14-5-7-16(28-14)21(26)27/h4-8H,9H2,1-3H3,(H,26,27). The van der Waals surface area contributed by atoms with Crippen molar-refractivity contribution in [2.45, 2.75) is 27.3 Å². The lowest BCUT2D eigenvalue weighted by Gasteiger charge is -2.09. The number of halogens is 1. The Labute approximate surface area is 175 Å². The number of aromatic nitrogens is 2. The van der Waals surface area contributed by atoms with E-state index >= 15 is 0 Å². The number of aryl methyl sites for hydroxylation is 3. The molecule has 1 aromatic carbocycles. The number of thiophene rings is 1. The average molecular weight is 429 g/mol. The highest BCUT2D eigenvalue weighted by molar-refractivity contribution is 7.19. The molecule has 8 heteroatoms. The summed E-state index contributed by atoms with van der Waals surface area (Å²) in [5, 5.41) is 10.3. The van der Waals surface area contributed by atoms with Crippen LogP contribution in [0.4, 0.5) is 0 Å². The van der Waals surface area contributed by atoms with Crippen LogP contribution >= 0.6 is 22.9 Å². The van der Waals surface area contributed by atoms with Crippen LogP contribution in [0.3, 0.4) is 0 Å². The minimum Gasteiger partial charge on any atom is -0.475 e. The number of aromatic carboxylic acids is 1. The molecule has 148 valence electrons. The number of benzene rings is 1. The highest BCUT2D eigenvalue weighted by Crippen LogP contribution is 2.37. The summed E-state index contributed by atoms with van der Waals surface area (Å²) in [6, 6.07) is 8.62. The number of hydrogen-bond acceptors (Lipinski definition) is 5. The Balaban J connectivity index is 1.90. The highest BCUT2D eigenvalue weighted by Gasteiger charge is 2.20. The minimum absolute atomic E-state index is 0.106. The Hall–Kier alpha value is -2.90. The summed E-state index contributed by atoms with van der Waals surface area (Å²) in [5.41, 5.74) is 2.51. The first-order valence-electron chi connectivity index (χ1n) is 8.85. The van der Waals surface area contributed by atoms with E-state index in [4.69, 9.17) is 21.1 Å². The van der Waals surface area contributed by atoms with Gasteiger partial charge in [-0.05, 0) is 56.2 Å². The van der Waals surface area contributed by atoms with Crippen LogP contribution in [-0.4, -0.2) is 20.6 Å². The van der Waals surface area contributed by atoms with Crippen molar-refractivity contribution in [2.75, 3.05) is 0 Å². The van der Waals surface area contributed by atoms with Crippen LogP contribution in [-0.2, 0) is 6.54 Å². The lowest BCUT2D eigenvalue weighted by Crippen LogP contribution is -2.24. The van der Waals surface area contributed by atoms with Crippen LogP contribution < -0.4 is 5.56 Å². The van der Waals surface area contributed by atoms with Gasteiger partial charge < -0.3 is 9.52 Å². The fourth-order valence-corrected chi connectivity index (χ4v) is 4.56. The predicted molar refractivity (Wildman–Crippen MR) is 113 cm³/mol. The number of nitrogens with zero attached hydrogens (tertiary/aromatic N) is 2. The molecule has 4 rings (SSSR count). The smallest absolute Gasteiger partial charge is 0.371 e. The molecular weight excluding hydrogens is 412 g/mol. The molecule has 0 saturated heterocycles. The molecule has 0 bridgehead atoms. The van der Waals surface area contributed by atoms with Crippen molar-refractivity contribution in [3.05, 3.63) is 73.5 Å². The zero-order chi connectivity index (χ0) is 20.9. The predicted octanol–water partition coefficient (Wildman–Crippen LogP) is 5.04. The molecule has 0 atom stereocenters. The maximum atomic E-state index is 13.4. The van der Waals surface area contributed by atoms with Gasteiger partial charge in [0.25, 0.3) is 5.56 Å². The van der Waals surface area contributed by atoms with Gasteiger partial charge >= 0.3 is 5.97 Å². The zero-order valence-electron chi connectivity index (χ0n) is 15.9. The van der Waals surface area contributed by atoms with Gasteiger partial charge in [0.2, 0.25) is 5.76 Å². The summed E-state index contributed by atoms with van der Waals surface area (Å²) >= 11 is 7.64. The topological polar surface area (TPSA) is 85.3 Å². The van der Waals surface area contributed by atoms with E-state index in [9.17, 15) is 9.59 Å². The summed E-state index contributed by atoms with van der Waals surface area (Å²) in [6.45, 7) is 5.75. The average Bonchev–Trinajstić information content (AvgIpc) is 3.25. The quantitative estimate of drug-likeness (QED) is 0.492. The van der Waals surface area contributed by atoms with E-state index in [1.165, 1.54) is 22.0 Å². The first-order valence-corrected chi connectivity index (χ1v) is 10.0. The number of hydrogen-bond donors (Lipinski definition) is 1. The Morgan fingerprint density at radius 2 is 2.00 bits per heavy atom. The summed E-state index contributed by atoms with van der Waals surface area (Å²) in [6.07, 6.45) is 0. The van der Waals surface area contributed by atoms with Crippen LogP contribution in [0.5, 0.6) is 0 Å². The molecule has 0 aliphatic heterocycles. The van der Waals surface area contributed by atoms with Crippen molar-refractivity contribution >= 4 is 39.1 Å². The summed E-state index contributed by atoms with van der Waals surface area (Å²) < 4.78 is 6.83. The summed E-state index contributed by atoms with van der Waals surface area (Å²) in [5.74, 6) is -0.397. The highest BCUT2D eigenvalue weighted by atomic mass is 35.5. The minimum atomic E-state index is -1.15. The Bertz CT molecular complexity index is 1330. The summed E-state index contributed by atoms with van der Waals surface area (Å²) in [4.78, 5) is 30.7. The molecule has 0 saturated carbocycles. The van der Waals surface area contributed by atoms with E-state index in [-0.39, 0.29) is 17.9 Å². The molecule has 0 aliphatic rings. The number of carbonyl (C=O) groups is 1. The molecule has 3 aromatic heterocycles. The SMILES string of the molecule is Cc1cc(-c2c(C)sc3nc(C)n(Cc4ccc(C(=O)O)o4)c(=O)c23)ccc1Cl. The van der Waals surface area contributed by atoms with E-state index in [1.54, 1.807) is 13.0 Å². The molecule has 0 fully saturated rings. The molecule has 0 radical (unpaired) electrons. The van der Waals surface area contributed by atoms with Gasteiger partial charge in [-0.3, -0.25) is 9.36 Å². The van der Waals surface area contributed by atoms with Crippen LogP contribution in [0.25, 0.3) is 21.3 Å². The Kier molecular flexibility index (Phi) is 4.80. The molecule has 0 aliphatic carbocycles. The van der Waals surface area contributed by atoms with Gasteiger partial charge in [0, 0.05) is 15.5 Å². The van der Waals surface area contributed by atoms with Gasteiger partial charge in [-0.1, -0.05) is 17.7 Å². The number of furan rings is 1. The summed E-state index contributed by atoms with van der Waals surface area (Å²) in [7, 11) is 0. The molecule has 0 amide bonds. The van der Waals surface area contributed by atoms with E-state index in [1.807, 2.05) is 32.0 Å². The molecule has 1 N–H and O–H groups in total. The van der Waals surface area contributed by atoms with Gasteiger partial charge in [-0.15, -0.1) is 11.3 Å². The lowest BCUT2D eigenvalue weighted by atomic mass is 10.0. The van der Waals surface area contributed by atoms with Crippen molar-refractivity contribution in [3.63, 3.8) is 0 Å². The zero-order valence-corrected chi connectivity index (χ0v) is 17.5. The van der Waals surface area contributed by atoms with Crippen molar-refractivity contribution in [3.8, 4) is 11.1 Å². The number of fused-ring (bicyclic) bond motifs is 1. The van der Waals surface area contributed by atoms with Crippen molar-refractivity contribution in [2.24, 2.45) is 0 Å². The van der Waals surface area contributed by atoms with E-state index in [2.05, 4.69) is 4.98 Å². The van der Waals surface area contributed by atoms with Gasteiger partial charge in [0.1, 0.15) is 16.4 Å². The van der Waals surface area contributed by atoms with Crippen LogP contribution in [0, 0.1) is 20.8 Å². The third-order valence-electron chi connectivity index (χ3n) is 4.81. The normalized spacial score (nSPS) is 11.3. The largest absolute Gasteiger partial charge is 0.475 e. The maximum Gasteiger partial charge on any atom is 0.371 e. The molecule has 6 nitrogen and oxygen atoms in total. The maximum absolute atomic E-state index is 13.4. The number of rotatable bonds is 4. The van der Waals surface area contributed by atoms with Gasteiger partial charge in [0.05, 0.1) is 11.9 Å². The van der Waals surface area contributed by atoms with E-state index < -0.39 is 5.97 Å². The van der Waals surface area contributed by atoms with E-state index in [0.717, 1.165) is 21.6 Å². The lowest BCUT2D eigenvalue weighted by molar-refractivity contribution is 0.0660. The van der Waals surface area contributed by atoms with Crippen LogP contribution in [0.15, 0.2) is 39.5 Å². The molecular formula is C21H17ClN2O4S. The number of carboxylic acid groups (broad SMARTS) is 1. The fraction of sp³-hybridized carbons (Fsp3) is 0.190. The second kappa shape index (κ2) is 7.17. The second-order valence-corrected chi connectivity index (χ2v) is 8.41. The first kappa shape index (κ1) is 19.4. The van der Waals surface area contributed by atoms with E-state index in [0.29, 0.717) is 26.8 Å². The molecule has 4 aromatic rings. The second-order valence-electron chi connectivity index (χ2n) is 6.80. The van der Waals surface area contributed by atoms with Crippen LogP contribution in [0.2, 0.25) is 5.02 Å². The van der Waals surface area contributed by atoms with Gasteiger partial charge in [-0.2, -0.15) is 0 Å². The first-order chi connectivity index (χ1) is 13.8. The molecule has 0 spiro atoms. The molecule has 0 unspecified atom stereocenters. The van der Waals surface area contributed by atoms with Crippen molar-refractivity contribution < 1.29 is 14.3 Å². The third-order valence-corrected chi connectivity index (χ3v) is 6.23. The molecule has 29 heavy (non-hydrogen) atoms. The number of carboxylic acids is 1. The Morgan fingerprint density at radius 1 is 1.24 bits per heavy atom. The van der Waals surface area contributed by atoms with Crippen LogP contribution in [0.1, 0.15) is 32.6 Å². The van der Waals surface area contributed by atoms with Crippen molar-refractivity contribution in [1.29, 1.82) is 0 Å². The van der Waals surface area contributed by atoms with Crippen molar-refractivity contribution in [1.82, 2.24) is 9.55 Å². The fourth-order valence-electron chi connectivity index (χ4n) is 3.36.